The molecule has 0 spiro atoms. The number of amides is 3. The lowest BCUT2D eigenvalue weighted by Gasteiger charge is -2.27. The van der Waals surface area contributed by atoms with E-state index in [0.717, 1.165) is 52.1 Å². The van der Waals surface area contributed by atoms with Crippen LogP contribution in [0.15, 0.2) is 24.3 Å². The van der Waals surface area contributed by atoms with Crippen LogP contribution in [0.25, 0.3) is 0 Å². The van der Waals surface area contributed by atoms with E-state index in [1.165, 1.54) is 0 Å². The summed E-state index contributed by atoms with van der Waals surface area (Å²) in [5.41, 5.74) is 5.72. The summed E-state index contributed by atoms with van der Waals surface area (Å²) in [5.74, 6) is 0.263. The third-order valence-electron chi connectivity index (χ3n) is 5.70. The fraction of sp³-hybridized carbons (Fsp3) is 0.667. The van der Waals surface area contributed by atoms with E-state index in [2.05, 4.69) is 42.8 Å². The first-order valence-electron chi connectivity index (χ1n) is 11.9. The fourth-order valence-electron chi connectivity index (χ4n) is 3.40. The van der Waals surface area contributed by atoms with Crippen LogP contribution in [0.1, 0.15) is 50.9 Å². The topological polar surface area (TPSA) is 91.1 Å². The molecule has 1 aromatic rings. The third kappa shape index (κ3) is 10.8. The number of benzene rings is 1. The van der Waals surface area contributed by atoms with E-state index >= 15 is 0 Å². The minimum absolute atomic E-state index is 0.00673. The molecular formula is C24H43N5O3. The molecule has 0 aromatic heterocycles. The van der Waals surface area contributed by atoms with Gasteiger partial charge in [0.25, 0.3) is 0 Å². The van der Waals surface area contributed by atoms with Crippen LogP contribution in [0.5, 0.6) is 5.75 Å². The average Bonchev–Trinajstić information content (AvgIpc) is 2.81. The van der Waals surface area contributed by atoms with Crippen molar-refractivity contribution in [1.29, 1.82) is 0 Å². The predicted octanol–water partition coefficient (Wildman–Crippen LogP) is 2.64. The number of carbonyl (C=O) groups is 2. The van der Waals surface area contributed by atoms with Gasteiger partial charge in [-0.2, -0.15) is 0 Å². The summed E-state index contributed by atoms with van der Waals surface area (Å²) in [7, 11) is 0. The number of carbonyl (C=O) groups excluding carboxylic acids is 2. The van der Waals surface area contributed by atoms with Crippen LogP contribution >= 0.6 is 0 Å². The van der Waals surface area contributed by atoms with Gasteiger partial charge in [0, 0.05) is 38.3 Å². The average molecular weight is 450 g/mol. The first-order chi connectivity index (χ1) is 15.4. The van der Waals surface area contributed by atoms with E-state index in [4.69, 9.17) is 10.5 Å². The van der Waals surface area contributed by atoms with Gasteiger partial charge >= 0.3 is 6.03 Å². The standard InChI is InChI=1S/C24H43N5O3/c1-5-27(6-2)17-15-26-24(31)29(19-18-28(7-3)8-4)16-9-10-20-32-22-13-11-21(12-14-22)23(25)30/h11-14H,5-10,15-20H2,1-4H3,(H2,25,30)(H,26,31). The van der Waals surface area contributed by atoms with E-state index in [1.807, 2.05) is 4.90 Å². The SMILES string of the molecule is CCN(CC)CCNC(=O)N(CCCCOc1ccc(C(N)=O)cc1)CCN(CC)CC. The number of likely N-dealkylation sites (N-methyl/N-ethyl adjacent to an activating group) is 2. The van der Waals surface area contributed by atoms with Gasteiger partial charge in [0.15, 0.2) is 0 Å². The van der Waals surface area contributed by atoms with E-state index in [1.54, 1.807) is 24.3 Å². The van der Waals surface area contributed by atoms with Gasteiger partial charge in [0.2, 0.25) is 5.91 Å². The minimum Gasteiger partial charge on any atom is -0.494 e. The summed E-state index contributed by atoms with van der Waals surface area (Å²) in [5, 5.41) is 3.08. The number of hydrogen-bond donors (Lipinski definition) is 2. The van der Waals surface area contributed by atoms with Gasteiger partial charge < -0.3 is 30.5 Å². The molecule has 8 heteroatoms. The molecule has 0 saturated carbocycles. The molecular weight excluding hydrogens is 406 g/mol. The Morgan fingerprint density at radius 3 is 2.00 bits per heavy atom. The molecule has 8 nitrogen and oxygen atoms in total. The summed E-state index contributed by atoms with van der Waals surface area (Å²) in [6.45, 7) is 16.9. The number of nitrogens with one attached hydrogen (secondary N) is 1. The Morgan fingerprint density at radius 1 is 0.844 bits per heavy atom. The fourth-order valence-corrected chi connectivity index (χ4v) is 3.40. The van der Waals surface area contributed by atoms with E-state index < -0.39 is 5.91 Å². The molecule has 0 bridgehead atoms. The second-order valence-electron chi connectivity index (χ2n) is 7.72. The van der Waals surface area contributed by atoms with E-state index in [9.17, 15) is 9.59 Å². The second kappa shape index (κ2) is 16.3. The smallest absolute Gasteiger partial charge is 0.317 e. The quantitative estimate of drug-likeness (QED) is 0.357. The van der Waals surface area contributed by atoms with E-state index in [0.29, 0.717) is 37.6 Å². The summed E-state index contributed by atoms with van der Waals surface area (Å²) in [6.07, 6.45) is 1.70. The number of nitrogens with two attached hydrogens (primary N) is 1. The molecule has 0 radical (unpaired) electrons. The van der Waals surface area contributed by atoms with Crippen LogP contribution in [-0.2, 0) is 0 Å². The zero-order chi connectivity index (χ0) is 23.8. The summed E-state index contributed by atoms with van der Waals surface area (Å²) < 4.78 is 5.75. The predicted molar refractivity (Wildman–Crippen MR) is 130 cm³/mol. The van der Waals surface area contributed by atoms with Gasteiger partial charge in [-0.25, -0.2) is 4.79 Å². The Kier molecular flexibility index (Phi) is 14.1. The molecule has 0 heterocycles. The highest BCUT2D eigenvalue weighted by molar-refractivity contribution is 5.92. The molecule has 0 atom stereocenters. The zero-order valence-electron chi connectivity index (χ0n) is 20.4. The number of primary amides is 1. The van der Waals surface area contributed by atoms with Gasteiger partial charge in [0.1, 0.15) is 5.75 Å². The lowest BCUT2D eigenvalue weighted by molar-refractivity contribution is 0.1000. The van der Waals surface area contributed by atoms with Gasteiger partial charge in [-0.15, -0.1) is 0 Å². The van der Waals surface area contributed by atoms with Crippen LogP contribution in [-0.4, -0.2) is 92.1 Å². The largest absolute Gasteiger partial charge is 0.494 e. The van der Waals surface area contributed by atoms with Crippen molar-refractivity contribution >= 4 is 11.9 Å². The van der Waals surface area contributed by atoms with Crippen molar-refractivity contribution in [3.8, 4) is 5.75 Å². The highest BCUT2D eigenvalue weighted by Crippen LogP contribution is 2.12. The van der Waals surface area contributed by atoms with Crippen molar-refractivity contribution in [1.82, 2.24) is 20.0 Å². The second-order valence-corrected chi connectivity index (χ2v) is 7.72. The van der Waals surface area contributed by atoms with Crippen molar-refractivity contribution < 1.29 is 14.3 Å². The molecule has 182 valence electrons. The molecule has 1 rings (SSSR count). The van der Waals surface area contributed by atoms with Crippen LogP contribution in [0.4, 0.5) is 4.79 Å². The molecule has 0 aliphatic rings. The molecule has 3 N–H and O–H groups in total. The van der Waals surface area contributed by atoms with Crippen LogP contribution in [0.3, 0.4) is 0 Å². The Labute approximate surface area is 194 Å². The first-order valence-corrected chi connectivity index (χ1v) is 11.9. The van der Waals surface area contributed by atoms with Gasteiger partial charge in [0.05, 0.1) is 6.61 Å². The Hall–Kier alpha value is -2.32. The number of unbranched alkanes of at least 4 members (excludes halogenated alkanes) is 1. The molecule has 0 aliphatic carbocycles. The van der Waals surface area contributed by atoms with Crippen molar-refractivity contribution in [3.63, 3.8) is 0 Å². The van der Waals surface area contributed by atoms with Crippen LogP contribution in [0.2, 0.25) is 0 Å². The monoisotopic (exact) mass is 449 g/mol. The number of urea groups is 1. The van der Waals surface area contributed by atoms with Crippen LogP contribution < -0.4 is 15.8 Å². The van der Waals surface area contributed by atoms with Crippen molar-refractivity contribution in [3.05, 3.63) is 29.8 Å². The number of rotatable bonds is 17. The number of ether oxygens (including phenoxy) is 1. The minimum atomic E-state index is -0.447. The van der Waals surface area contributed by atoms with Gasteiger partial charge in [-0.3, -0.25) is 4.79 Å². The summed E-state index contributed by atoms with van der Waals surface area (Å²) in [4.78, 5) is 30.5. The van der Waals surface area contributed by atoms with Gasteiger partial charge in [-0.05, 0) is 63.3 Å². The molecule has 3 amide bonds. The number of hydrogen-bond acceptors (Lipinski definition) is 5. The molecule has 1 aromatic carbocycles. The highest BCUT2D eigenvalue weighted by Gasteiger charge is 2.14. The summed E-state index contributed by atoms with van der Waals surface area (Å²) in [6, 6.07) is 6.83. The van der Waals surface area contributed by atoms with Crippen molar-refractivity contribution in [2.75, 3.05) is 65.5 Å². The Bertz CT molecular complexity index is 646. The molecule has 32 heavy (non-hydrogen) atoms. The highest BCUT2D eigenvalue weighted by atomic mass is 16.5. The van der Waals surface area contributed by atoms with Crippen molar-refractivity contribution in [2.45, 2.75) is 40.5 Å². The molecule has 0 unspecified atom stereocenters. The zero-order valence-corrected chi connectivity index (χ0v) is 20.4. The normalized spacial score (nSPS) is 11.1. The summed E-state index contributed by atoms with van der Waals surface area (Å²) >= 11 is 0. The van der Waals surface area contributed by atoms with E-state index in [-0.39, 0.29) is 6.03 Å². The molecule has 0 aliphatic heterocycles. The lowest BCUT2D eigenvalue weighted by atomic mass is 10.2. The Balaban J connectivity index is 2.45. The molecule has 0 saturated heterocycles. The van der Waals surface area contributed by atoms with Crippen LogP contribution in [0, 0.1) is 0 Å². The lowest BCUT2D eigenvalue weighted by Crippen LogP contribution is -2.46. The third-order valence-corrected chi connectivity index (χ3v) is 5.70. The van der Waals surface area contributed by atoms with Gasteiger partial charge in [-0.1, -0.05) is 27.7 Å². The molecule has 0 fully saturated rings. The number of nitrogens with zero attached hydrogens (tertiary/aromatic N) is 3. The maximum Gasteiger partial charge on any atom is 0.317 e. The maximum atomic E-state index is 12.8. The Morgan fingerprint density at radius 2 is 1.44 bits per heavy atom. The van der Waals surface area contributed by atoms with Crippen molar-refractivity contribution in [2.24, 2.45) is 5.73 Å². The maximum absolute atomic E-state index is 12.8. The first kappa shape index (κ1) is 27.7.